The maximum absolute atomic E-state index is 12.8. The van der Waals surface area contributed by atoms with E-state index in [1.165, 1.54) is 19.1 Å². The Balaban J connectivity index is 2.19. The molecule has 1 aliphatic carbocycles. The second-order valence-corrected chi connectivity index (χ2v) is 5.79. The monoisotopic (exact) mass is 330 g/mol. The van der Waals surface area contributed by atoms with Crippen LogP contribution in [-0.2, 0) is 0 Å². The molecule has 1 N–H and O–H groups in total. The number of hydrogen-bond donors (Lipinski definition) is 1. The van der Waals surface area contributed by atoms with Gasteiger partial charge in [-0.1, -0.05) is 6.42 Å². The summed E-state index contributed by atoms with van der Waals surface area (Å²) in [5.41, 5.74) is 0.0405. The van der Waals surface area contributed by atoms with Crippen LogP contribution in [0.2, 0.25) is 0 Å². The minimum absolute atomic E-state index is 0.0903. The van der Waals surface area contributed by atoms with Crippen LogP contribution in [0.4, 0.5) is 24.5 Å². The van der Waals surface area contributed by atoms with Crippen LogP contribution >= 0.6 is 0 Å². The van der Waals surface area contributed by atoms with Gasteiger partial charge in [0.1, 0.15) is 5.69 Å². The number of nitro benzene ring substituents is 1. The number of rotatable bonds is 4. The molecule has 5 nitrogen and oxygen atoms in total. The van der Waals surface area contributed by atoms with Gasteiger partial charge in [-0.2, -0.15) is 13.2 Å². The van der Waals surface area contributed by atoms with Gasteiger partial charge in [0.2, 0.25) is 0 Å². The Morgan fingerprint density at radius 2 is 2.04 bits per heavy atom. The molecule has 8 heteroatoms. The molecule has 0 aromatic heterocycles. The number of benzene rings is 1. The number of carbonyl (C=O) groups excluding carboxylic acids is 1. The molecule has 23 heavy (non-hydrogen) atoms. The van der Waals surface area contributed by atoms with E-state index in [1.807, 2.05) is 0 Å². The number of anilines is 1. The molecule has 0 aliphatic heterocycles. The molecule has 126 valence electrons. The van der Waals surface area contributed by atoms with Gasteiger partial charge in [-0.15, -0.1) is 0 Å². The first-order valence-corrected chi connectivity index (χ1v) is 7.31. The summed E-state index contributed by atoms with van der Waals surface area (Å²) in [5.74, 6) is -1.70. The molecule has 0 bridgehead atoms. The maximum atomic E-state index is 12.8. The molecular weight excluding hydrogens is 313 g/mol. The lowest BCUT2D eigenvalue weighted by molar-refractivity contribution is -0.384. The highest BCUT2D eigenvalue weighted by atomic mass is 19.4. The van der Waals surface area contributed by atoms with Gasteiger partial charge in [0, 0.05) is 17.7 Å². The maximum Gasteiger partial charge on any atom is 0.391 e. The smallest absolute Gasteiger partial charge is 0.377 e. The zero-order valence-electron chi connectivity index (χ0n) is 12.5. The second kappa shape index (κ2) is 6.55. The summed E-state index contributed by atoms with van der Waals surface area (Å²) in [6, 6.07) is 3.49. The number of nitrogens with one attached hydrogen (secondary N) is 1. The van der Waals surface area contributed by atoms with Crippen molar-refractivity contribution in [3.05, 3.63) is 33.9 Å². The Morgan fingerprint density at radius 3 is 2.61 bits per heavy atom. The number of ketones is 1. The standard InChI is InChI=1S/C15H17F3N2O3/c1-9(21)10-5-6-13(14(7-10)20(22)23)19-12-4-2-3-11(8-12)15(16,17)18/h5-7,11-12,19H,2-4,8H2,1H3/t11-,12-/m1/s1. The summed E-state index contributed by atoms with van der Waals surface area (Å²) in [6.45, 7) is 1.29. The van der Waals surface area contributed by atoms with Crippen LogP contribution in [0.25, 0.3) is 0 Å². The van der Waals surface area contributed by atoms with Crippen molar-refractivity contribution in [2.45, 2.75) is 44.8 Å². The third kappa shape index (κ3) is 4.20. The van der Waals surface area contributed by atoms with Crippen LogP contribution in [0, 0.1) is 16.0 Å². The molecule has 2 atom stereocenters. The van der Waals surface area contributed by atoms with Crippen molar-refractivity contribution in [2.24, 2.45) is 5.92 Å². The van der Waals surface area contributed by atoms with Crippen LogP contribution < -0.4 is 5.32 Å². The number of carbonyl (C=O) groups is 1. The molecule has 0 spiro atoms. The minimum Gasteiger partial charge on any atom is -0.377 e. The molecule has 1 aliphatic rings. The summed E-state index contributed by atoms with van der Waals surface area (Å²) >= 11 is 0. The first kappa shape index (κ1) is 17.2. The number of nitrogens with zero attached hydrogens (tertiary/aromatic N) is 1. The van der Waals surface area contributed by atoms with E-state index in [4.69, 9.17) is 0 Å². The van der Waals surface area contributed by atoms with E-state index >= 15 is 0 Å². The molecule has 1 aromatic rings. The van der Waals surface area contributed by atoms with Crippen molar-refractivity contribution in [3.63, 3.8) is 0 Å². The lowest BCUT2D eigenvalue weighted by Crippen LogP contribution is -2.34. The normalized spacial score (nSPS) is 21.7. The number of alkyl halides is 3. The molecule has 0 amide bonds. The summed E-state index contributed by atoms with van der Waals surface area (Å²) in [7, 11) is 0. The topological polar surface area (TPSA) is 72.2 Å². The molecule has 1 fully saturated rings. The summed E-state index contributed by atoms with van der Waals surface area (Å²) in [6.07, 6.45) is -3.31. The number of Topliss-reactive ketones (excluding diaryl/α,β-unsaturated/α-hetero) is 1. The van der Waals surface area contributed by atoms with Gasteiger partial charge in [0.05, 0.1) is 10.8 Å². The van der Waals surface area contributed by atoms with Crippen LogP contribution in [0.15, 0.2) is 18.2 Å². The van der Waals surface area contributed by atoms with E-state index in [9.17, 15) is 28.1 Å². The van der Waals surface area contributed by atoms with E-state index < -0.39 is 23.1 Å². The average Bonchev–Trinajstić information content (AvgIpc) is 2.46. The third-order valence-electron chi connectivity index (χ3n) is 4.10. The molecule has 0 unspecified atom stereocenters. The first-order valence-electron chi connectivity index (χ1n) is 7.31. The Bertz CT molecular complexity index is 616. The lowest BCUT2D eigenvalue weighted by Gasteiger charge is -2.31. The summed E-state index contributed by atoms with van der Waals surface area (Å²) in [5, 5.41) is 14.0. The van der Waals surface area contributed by atoms with E-state index in [0.717, 1.165) is 6.07 Å². The Kier molecular flexibility index (Phi) is 4.91. The van der Waals surface area contributed by atoms with Gasteiger partial charge >= 0.3 is 6.18 Å². The fourth-order valence-corrected chi connectivity index (χ4v) is 2.86. The predicted molar refractivity (Wildman–Crippen MR) is 78.5 cm³/mol. The number of halogens is 3. The van der Waals surface area contributed by atoms with Crippen molar-refractivity contribution >= 4 is 17.2 Å². The van der Waals surface area contributed by atoms with Gasteiger partial charge in [-0.3, -0.25) is 14.9 Å². The second-order valence-electron chi connectivity index (χ2n) is 5.79. The SMILES string of the molecule is CC(=O)c1ccc(N[C@@H]2CCC[C@@H](C(F)(F)F)C2)c([N+](=O)[O-])c1. The van der Waals surface area contributed by atoms with E-state index in [2.05, 4.69) is 5.32 Å². The number of nitro groups is 1. The fraction of sp³-hybridized carbons (Fsp3) is 0.533. The molecular formula is C15H17F3N2O3. The van der Waals surface area contributed by atoms with Gasteiger partial charge < -0.3 is 5.32 Å². The Hall–Kier alpha value is -2.12. The molecule has 1 saturated carbocycles. The number of hydrogen-bond acceptors (Lipinski definition) is 4. The molecule has 0 heterocycles. The van der Waals surface area contributed by atoms with Crippen molar-refractivity contribution in [1.29, 1.82) is 0 Å². The minimum atomic E-state index is -4.25. The molecule has 0 saturated heterocycles. The fourth-order valence-electron chi connectivity index (χ4n) is 2.86. The highest BCUT2D eigenvalue weighted by molar-refractivity contribution is 5.95. The van der Waals surface area contributed by atoms with Crippen molar-refractivity contribution in [2.75, 3.05) is 5.32 Å². The summed E-state index contributed by atoms with van der Waals surface area (Å²) < 4.78 is 38.5. The van der Waals surface area contributed by atoms with Crippen molar-refractivity contribution < 1.29 is 22.9 Å². The first-order chi connectivity index (χ1) is 10.7. The predicted octanol–water partition coefficient (Wildman–Crippen LogP) is 4.33. The summed E-state index contributed by atoms with van der Waals surface area (Å²) in [4.78, 5) is 21.8. The van der Waals surface area contributed by atoms with Crippen LogP contribution in [0.3, 0.4) is 0 Å². The Labute approximate surface area is 131 Å². The molecule has 0 radical (unpaired) electrons. The van der Waals surface area contributed by atoms with Crippen molar-refractivity contribution in [1.82, 2.24) is 0 Å². The van der Waals surface area contributed by atoms with Gasteiger partial charge in [0.25, 0.3) is 5.69 Å². The van der Waals surface area contributed by atoms with Gasteiger partial charge in [0.15, 0.2) is 5.78 Å². The third-order valence-corrected chi connectivity index (χ3v) is 4.10. The van der Waals surface area contributed by atoms with Gasteiger partial charge in [-0.05, 0) is 38.3 Å². The Morgan fingerprint density at radius 1 is 1.35 bits per heavy atom. The molecule has 2 rings (SSSR count). The van der Waals surface area contributed by atoms with Crippen molar-refractivity contribution in [3.8, 4) is 0 Å². The molecule has 1 aromatic carbocycles. The van der Waals surface area contributed by atoms with E-state index in [0.29, 0.717) is 12.8 Å². The lowest BCUT2D eigenvalue weighted by atomic mass is 9.85. The van der Waals surface area contributed by atoms with Crippen LogP contribution in [-0.4, -0.2) is 22.9 Å². The van der Waals surface area contributed by atoms with Crippen LogP contribution in [0.5, 0.6) is 0 Å². The zero-order valence-corrected chi connectivity index (χ0v) is 12.5. The highest BCUT2D eigenvalue weighted by Gasteiger charge is 2.42. The van der Waals surface area contributed by atoms with E-state index in [-0.39, 0.29) is 35.6 Å². The van der Waals surface area contributed by atoms with Gasteiger partial charge in [-0.25, -0.2) is 0 Å². The van der Waals surface area contributed by atoms with Crippen LogP contribution in [0.1, 0.15) is 43.0 Å². The average molecular weight is 330 g/mol. The van der Waals surface area contributed by atoms with E-state index in [1.54, 1.807) is 0 Å². The largest absolute Gasteiger partial charge is 0.391 e. The highest BCUT2D eigenvalue weighted by Crippen LogP contribution is 2.39. The quantitative estimate of drug-likeness (QED) is 0.507. The zero-order chi connectivity index (χ0) is 17.2.